The molecule has 134 valence electrons. The number of hydrogen-bond donors (Lipinski definition) is 1. The third kappa shape index (κ3) is 2.86. The van der Waals surface area contributed by atoms with E-state index < -0.39 is 0 Å². The number of fused-ring (bicyclic) bond motifs is 1. The zero-order chi connectivity index (χ0) is 19.0. The molecule has 0 saturated carbocycles. The first kappa shape index (κ1) is 16.6. The number of imidazole rings is 1. The molecule has 4 rings (SSSR count). The average molecular weight is 360 g/mol. The Hall–Kier alpha value is -3.81. The molecule has 0 unspecified atom stereocenters. The number of nitrogens with zero attached hydrogens (tertiary/aromatic N) is 5. The maximum Gasteiger partial charge on any atom is 0.261 e. The molecule has 0 aliphatic carbocycles. The third-order valence-electron chi connectivity index (χ3n) is 4.28. The zero-order valence-corrected chi connectivity index (χ0v) is 14.7. The van der Waals surface area contributed by atoms with Crippen molar-refractivity contribution in [2.75, 3.05) is 5.32 Å². The SMILES string of the molecule is Cn1ccnc1-c1nc2c(C(=O)Nc3ccccn3)cccc2c(=O)n1C. The fourth-order valence-electron chi connectivity index (χ4n) is 2.88. The molecule has 0 fully saturated rings. The molecule has 3 aromatic heterocycles. The summed E-state index contributed by atoms with van der Waals surface area (Å²) in [6.07, 6.45) is 4.99. The van der Waals surface area contributed by atoms with Crippen LogP contribution in [0.15, 0.2) is 59.8 Å². The second-order valence-corrected chi connectivity index (χ2v) is 6.03. The summed E-state index contributed by atoms with van der Waals surface area (Å²) in [5.74, 6) is 0.966. The highest BCUT2D eigenvalue weighted by molar-refractivity contribution is 6.11. The average Bonchev–Trinajstić information content (AvgIpc) is 3.10. The molecule has 0 aliphatic heterocycles. The molecule has 0 radical (unpaired) electrons. The number of nitrogens with one attached hydrogen (secondary N) is 1. The van der Waals surface area contributed by atoms with Gasteiger partial charge in [-0.1, -0.05) is 12.1 Å². The summed E-state index contributed by atoms with van der Waals surface area (Å²) in [6.45, 7) is 0. The number of pyridine rings is 1. The van der Waals surface area contributed by atoms with Crippen molar-refractivity contribution in [2.45, 2.75) is 0 Å². The Morgan fingerprint density at radius 1 is 1.00 bits per heavy atom. The second kappa shape index (κ2) is 6.49. The summed E-state index contributed by atoms with van der Waals surface area (Å²) in [5.41, 5.74) is 0.379. The molecule has 0 aliphatic rings. The van der Waals surface area contributed by atoms with Gasteiger partial charge in [0.1, 0.15) is 5.82 Å². The minimum Gasteiger partial charge on any atom is -0.331 e. The van der Waals surface area contributed by atoms with Crippen LogP contribution in [0.25, 0.3) is 22.6 Å². The Bertz CT molecular complexity index is 1210. The lowest BCUT2D eigenvalue weighted by Gasteiger charge is -2.11. The molecule has 0 bridgehead atoms. The molecule has 3 heterocycles. The molecule has 8 heteroatoms. The first-order valence-electron chi connectivity index (χ1n) is 8.26. The van der Waals surface area contributed by atoms with Gasteiger partial charge >= 0.3 is 0 Å². The third-order valence-corrected chi connectivity index (χ3v) is 4.28. The van der Waals surface area contributed by atoms with Crippen LogP contribution in [0.4, 0.5) is 5.82 Å². The van der Waals surface area contributed by atoms with Crippen LogP contribution in [0.5, 0.6) is 0 Å². The van der Waals surface area contributed by atoms with Crippen molar-refractivity contribution in [1.29, 1.82) is 0 Å². The fraction of sp³-hybridized carbons (Fsp3) is 0.105. The Kier molecular flexibility index (Phi) is 4.00. The summed E-state index contributed by atoms with van der Waals surface area (Å²) < 4.78 is 3.20. The highest BCUT2D eigenvalue weighted by Crippen LogP contribution is 2.20. The van der Waals surface area contributed by atoms with E-state index in [1.54, 1.807) is 66.6 Å². The van der Waals surface area contributed by atoms with Gasteiger partial charge in [-0.3, -0.25) is 14.2 Å². The minimum absolute atomic E-state index is 0.245. The molecule has 0 saturated heterocycles. The number of carbonyl (C=O) groups is 1. The second-order valence-electron chi connectivity index (χ2n) is 6.03. The lowest BCUT2D eigenvalue weighted by molar-refractivity contribution is 0.102. The van der Waals surface area contributed by atoms with Gasteiger partial charge in [-0.25, -0.2) is 15.0 Å². The van der Waals surface area contributed by atoms with E-state index in [1.807, 2.05) is 7.05 Å². The van der Waals surface area contributed by atoms with Gasteiger partial charge in [-0.2, -0.15) is 0 Å². The Balaban J connectivity index is 1.90. The predicted octanol–water partition coefficient (Wildman–Crippen LogP) is 1.98. The van der Waals surface area contributed by atoms with Crippen LogP contribution in [-0.4, -0.2) is 30.0 Å². The number of anilines is 1. The first-order valence-corrected chi connectivity index (χ1v) is 8.26. The van der Waals surface area contributed by atoms with Gasteiger partial charge in [0.25, 0.3) is 11.5 Å². The van der Waals surface area contributed by atoms with E-state index in [9.17, 15) is 9.59 Å². The van der Waals surface area contributed by atoms with Crippen LogP contribution in [0.2, 0.25) is 0 Å². The molecule has 1 aromatic carbocycles. The van der Waals surface area contributed by atoms with E-state index in [4.69, 9.17) is 0 Å². The lowest BCUT2D eigenvalue weighted by Crippen LogP contribution is -2.23. The van der Waals surface area contributed by atoms with Crippen molar-refractivity contribution < 1.29 is 4.79 Å². The summed E-state index contributed by atoms with van der Waals surface area (Å²) in [4.78, 5) is 38.6. The normalized spacial score (nSPS) is 10.9. The number of rotatable bonds is 3. The van der Waals surface area contributed by atoms with Crippen LogP contribution in [-0.2, 0) is 14.1 Å². The van der Waals surface area contributed by atoms with E-state index in [1.165, 1.54) is 4.57 Å². The van der Waals surface area contributed by atoms with Gasteiger partial charge in [0.2, 0.25) is 0 Å². The summed E-state index contributed by atoms with van der Waals surface area (Å²) in [6, 6.07) is 10.2. The molecule has 1 N–H and O–H groups in total. The van der Waals surface area contributed by atoms with Gasteiger partial charge in [0.15, 0.2) is 11.6 Å². The van der Waals surface area contributed by atoms with E-state index in [0.29, 0.717) is 33.9 Å². The predicted molar refractivity (Wildman–Crippen MR) is 101 cm³/mol. The van der Waals surface area contributed by atoms with E-state index in [0.717, 1.165) is 0 Å². The molecule has 4 aromatic rings. The van der Waals surface area contributed by atoms with Gasteiger partial charge in [0.05, 0.1) is 16.5 Å². The summed E-state index contributed by atoms with van der Waals surface area (Å²) in [5, 5.41) is 3.10. The Labute approximate surface area is 154 Å². The van der Waals surface area contributed by atoms with Crippen molar-refractivity contribution in [3.63, 3.8) is 0 Å². The molecule has 27 heavy (non-hydrogen) atoms. The number of hydrogen-bond acceptors (Lipinski definition) is 5. The molecule has 0 spiro atoms. The monoisotopic (exact) mass is 360 g/mol. The van der Waals surface area contributed by atoms with E-state index >= 15 is 0 Å². The van der Waals surface area contributed by atoms with Crippen molar-refractivity contribution >= 4 is 22.6 Å². The van der Waals surface area contributed by atoms with Crippen molar-refractivity contribution in [3.05, 3.63) is 70.9 Å². The van der Waals surface area contributed by atoms with Crippen molar-refractivity contribution in [2.24, 2.45) is 14.1 Å². The van der Waals surface area contributed by atoms with Gasteiger partial charge in [-0.05, 0) is 24.3 Å². The van der Waals surface area contributed by atoms with Gasteiger partial charge in [0, 0.05) is 32.7 Å². The first-order chi connectivity index (χ1) is 13.1. The quantitative estimate of drug-likeness (QED) is 0.603. The minimum atomic E-state index is -0.383. The number of carbonyl (C=O) groups excluding carboxylic acids is 1. The lowest BCUT2D eigenvalue weighted by atomic mass is 10.1. The molecular weight excluding hydrogens is 344 g/mol. The number of aromatic nitrogens is 5. The highest BCUT2D eigenvalue weighted by atomic mass is 16.2. The number of aryl methyl sites for hydroxylation is 1. The number of amides is 1. The maximum atomic E-state index is 12.8. The standard InChI is InChI=1S/C19H16N6O2/c1-24-11-10-21-16(24)17-23-15-12(6-5-7-13(15)19(27)25(17)2)18(26)22-14-8-3-4-9-20-14/h3-11H,1-2H3,(H,20,22,26). The van der Waals surface area contributed by atoms with Gasteiger partial charge < -0.3 is 9.88 Å². The topological polar surface area (TPSA) is 94.7 Å². The number of para-hydroxylation sites is 1. The summed E-state index contributed by atoms with van der Waals surface area (Å²) in [7, 11) is 3.46. The van der Waals surface area contributed by atoms with E-state index in [2.05, 4.69) is 20.3 Å². The van der Waals surface area contributed by atoms with E-state index in [-0.39, 0.29) is 11.5 Å². The fourth-order valence-corrected chi connectivity index (χ4v) is 2.88. The largest absolute Gasteiger partial charge is 0.331 e. The smallest absolute Gasteiger partial charge is 0.261 e. The van der Waals surface area contributed by atoms with Crippen LogP contribution in [0, 0.1) is 0 Å². The molecule has 8 nitrogen and oxygen atoms in total. The van der Waals surface area contributed by atoms with Crippen LogP contribution in [0.1, 0.15) is 10.4 Å². The van der Waals surface area contributed by atoms with Crippen LogP contribution < -0.4 is 10.9 Å². The van der Waals surface area contributed by atoms with Crippen molar-refractivity contribution in [1.82, 2.24) is 24.1 Å². The molecule has 0 atom stereocenters. The summed E-state index contributed by atoms with van der Waals surface area (Å²) >= 11 is 0. The van der Waals surface area contributed by atoms with Crippen LogP contribution in [0.3, 0.4) is 0 Å². The van der Waals surface area contributed by atoms with Crippen LogP contribution >= 0.6 is 0 Å². The number of benzene rings is 1. The van der Waals surface area contributed by atoms with Gasteiger partial charge in [-0.15, -0.1) is 0 Å². The highest BCUT2D eigenvalue weighted by Gasteiger charge is 2.18. The Morgan fingerprint density at radius 2 is 1.85 bits per heavy atom. The zero-order valence-electron chi connectivity index (χ0n) is 14.7. The Morgan fingerprint density at radius 3 is 2.56 bits per heavy atom. The molecular formula is C19H16N6O2. The molecule has 1 amide bonds. The maximum absolute atomic E-state index is 12.8. The van der Waals surface area contributed by atoms with Crippen molar-refractivity contribution in [3.8, 4) is 11.6 Å².